The number of nitrogen functional groups attached to an aromatic ring is 1. The Labute approximate surface area is 126 Å². The summed E-state index contributed by atoms with van der Waals surface area (Å²) >= 11 is 7.18. The van der Waals surface area contributed by atoms with Crippen LogP contribution in [0.5, 0.6) is 0 Å². The standard InChI is InChI=1S/C12H16ClN3O3S/c1-19-5-4-15-12(18)16-11(17)7-20-10-6-8(14)2-3-9(10)13/h2-3,6H,4-5,7,14H2,1H3,(H2,15,16,17,18). The molecular formula is C12H16ClN3O3S. The number of imide groups is 1. The molecule has 0 heterocycles. The van der Waals surface area contributed by atoms with E-state index in [1.807, 2.05) is 0 Å². The molecule has 0 aliphatic carbocycles. The third kappa shape index (κ3) is 6.14. The number of hydrogen-bond donors (Lipinski definition) is 3. The van der Waals surface area contributed by atoms with E-state index in [-0.39, 0.29) is 5.75 Å². The van der Waals surface area contributed by atoms with Crippen molar-refractivity contribution in [1.29, 1.82) is 0 Å². The van der Waals surface area contributed by atoms with Gasteiger partial charge in [0.2, 0.25) is 5.91 Å². The molecule has 0 bridgehead atoms. The lowest BCUT2D eigenvalue weighted by molar-refractivity contribution is -0.117. The first-order valence-corrected chi connectivity index (χ1v) is 7.13. The molecule has 6 nitrogen and oxygen atoms in total. The molecule has 1 aromatic rings. The molecule has 0 saturated carbocycles. The second kappa shape index (κ2) is 8.68. The number of benzene rings is 1. The fraction of sp³-hybridized carbons (Fsp3) is 0.333. The molecule has 0 aliphatic rings. The van der Waals surface area contributed by atoms with E-state index >= 15 is 0 Å². The molecule has 1 rings (SSSR count). The van der Waals surface area contributed by atoms with Gasteiger partial charge in [0.1, 0.15) is 0 Å². The van der Waals surface area contributed by atoms with E-state index in [1.165, 1.54) is 18.9 Å². The number of amides is 3. The number of urea groups is 1. The molecule has 20 heavy (non-hydrogen) atoms. The Bertz CT molecular complexity index is 485. The molecule has 8 heteroatoms. The van der Waals surface area contributed by atoms with E-state index in [0.717, 1.165) is 0 Å². The van der Waals surface area contributed by atoms with Crippen LogP contribution in [0.25, 0.3) is 0 Å². The Balaban J connectivity index is 2.36. The van der Waals surface area contributed by atoms with Crippen LogP contribution in [0.4, 0.5) is 10.5 Å². The summed E-state index contributed by atoms with van der Waals surface area (Å²) in [7, 11) is 1.52. The molecule has 0 saturated heterocycles. The van der Waals surface area contributed by atoms with E-state index in [9.17, 15) is 9.59 Å². The minimum atomic E-state index is -0.550. The highest BCUT2D eigenvalue weighted by Crippen LogP contribution is 2.28. The highest BCUT2D eigenvalue weighted by atomic mass is 35.5. The maximum absolute atomic E-state index is 11.6. The molecule has 3 amide bonds. The van der Waals surface area contributed by atoms with Gasteiger partial charge in [-0.05, 0) is 18.2 Å². The summed E-state index contributed by atoms with van der Waals surface area (Å²) in [5.41, 5.74) is 6.20. The summed E-state index contributed by atoms with van der Waals surface area (Å²) in [5.74, 6) is -0.343. The number of ether oxygens (including phenoxy) is 1. The van der Waals surface area contributed by atoms with Crippen molar-refractivity contribution in [2.75, 3.05) is 31.7 Å². The van der Waals surface area contributed by atoms with Gasteiger partial charge in [-0.25, -0.2) is 4.79 Å². The molecule has 0 fully saturated rings. The molecule has 4 N–H and O–H groups in total. The monoisotopic (exact) mass is 317 g/mol. The van der Waals surface area contributed by atoms with Crippen LogP contribution in [0.3, 0.4) is 0 Å². The Hall–Kier alpha value is -1.44. The zero-order chi connectivity index (χ0) is 15.0. The molecule has 0 spiro atoms. The van der Waals surface area contributed by atoms with E-state index in [2.05, 4.69) is 10.6 Å². The second-order valence-corrected chi connectivity index (χ2v) is 5.20. The van der Waals surface area contributed by atoms with Gasteiger partial charge in [-0.3, -0.25) is 10.1 Å². The van der Waals surface area contributed by atoms with Crippen molar-refractivity contribution in [3.05, 3.63) is 23.2 Å². The Morgan fingerprint density at radius 1 is 1.45 bits per heavy atom. The predicted molar refractivity (Wildman–Crippen MR) is 80.0 cm³/mol. The normalized spacial score (nSPS) is 10.1. The topological polar surface area (TPSA) is 93.5 Å². The SMILES string of the molecule is COCCNC(=O)NC(=O)CSc1cc(N)ccc1Cl. The summed E-state index contributed by atoms with van der Waals surface area (Å²) in [6, 6.07) is 4.47. The van der Waals surface area contributed by atoms with Crippen molar-refractivity contribution < 1.29 is 14.3 Å². The number of halogens is 1. The quantitative estimate of drug-likeness (QED) is 0.420. The van der Waals surface area contributed by atoms with E-state index < -0.39 is 11.9 Å². The summed E-state index contributed by atoms with van der Waals surface area (Å²) in [6.45, 7) is 0.721. The van der Waals surface area contributed by atoms with Gasteiger partial charge in [-0.15, -0.1) is 11.8 Å². The van der Waals surface area contributed by atoms with Gasteiger partial charge in [-0.2, -0.15) is 0 Å². The summed E-state index contributed by atoms with van der Waals surface area (Å²) in [4.78, 5) is 23.6. The molecule has 110 valence electrons. The van der Waals surface area contributed by atoms with Gasteiger partial charge in [0.25, 0.3) is 0 Å². The molecule has 1 aromatic carbocycles. The van der Waals surface area contributed by atoms with Crippen LogP contribution < -0.4 is 16.4 Å². The maximum atomic E-state index is 11.6. The lowest BCUT2D eigenvalue weighted by Gasteiger charge is -2.07. The first-order chi connectivity index (χ1) is 9.52. The number of anilines is 1. The minimum Gasteiger partial charge on any atom is -0.399 e. The second-order valence-electron chi connectivity index (χ2n) is 3.78. The first-order valence-electron chi connectivity index (χ1n) is 5.77. The number of carbonyl (C=O) groups excluding carboxylic acids is 2. The third-order valence-electron chi connectivity index (χ3n) is 2.16. The zero-order valence-electron chi connectivity index (χ0n) is 10.9. The van der Waals surface area contributed by atoms with Crippen LogP contribution in [-0.4, -0.2) is 38.0 Å². The van der Waals surface area contributed by atoms with Crippen LogP contribution in [-0.2, 0) is 9.53 Å². The van der Waals surface area contributed by atoms with Crippen LogP contribution >= 0.6 is 23.4 Å². The Kier molecular flexibility index (Phi) is 7.21. The van der Waals surface area contributed by atoms with Gasteiger partial charge >= 0.3 is 6.03 Å². The van der Waals surface area contributed by atoms with Crippen LogP contribution in [0.1, 0.15) is 0 Å². The van der Waals surface area contributed by atoms with Crippen LogP contribution in [0.2, 0.25) is 5.02 Å². The van der Waals surface area contributed by atoms with Crippen molar-refractivity contribution in [2.45, 2.75) is 4.90 Å². The lowest BCUT2D eigenvalue weighted by atomic mass is 10.3. The number of methoxy groups -OCH3 is 1. The van der Waals surface area contributed by atoms with Gasteiger partial charge < -0.3 is 15.8 Å². The molecule has 0 radical (unpaired) electrons. The molecule has 0 aliphatic heterocycles. The number of nitrogens with two attached hydrogens (primary N) is 1. The van der Waals surface area contributed by atoms with Crippen LogP contribution in [0.15, 0.2) is 23.1 Å². The smallest absolute Gasteiger partial charge is 0.321 e. The highest BCUT2D eigenvalue weighted by Gasteiger charge is 2.09. The average Bonchev–Trinajstić information content (AvgIpc) is 2.40. The maximum Gasteiger partial charge on any atom is 0.321 e. The molecule has 0 atom stereocenters. The largest absolute Gasteiger partial charge is 0.399 e. The number of thioether (sulfide) groups is 1. The summed E-state index contributed by atoms with van der Waals surface area (Å²) in [5, 5.41) is 5.20. The van der Waals surface area contributed by atoms with Gasteiger partial charge in [0, 0.05) is 24.2 Å². The molecule has 0 unspecified atom stereocenters. The van der Waals surface area contributed by atoms with Crippen molar-refractivity contribution in [1.82, 2.24) is 10.6 Å². The summed E-state index contributed by atoms with van der Waals surface area (Å²) in [6.07, 6.45) is 0. The van der Waals surface area contributed by atoms with Gasteiger partial charge in [-0.1, -0.05) is 11.6 Å². The third-order valence-corrected chi connectivity index (χ3v) is 3.66. The van der Waals surface area contributed by atoms with Crippen LogP contribution in [0, 0.1) is 0 Å². The molecule has 0 aromatic heterocycles. The number of nitrogens with one attached hydrogen (secondary N) is 2. The number of hydrogen-bond acceptors (Lipinski definition) is 5. The van der Waals surface area contributed by atoms with Crippen molar-refractivity contribution in [3.8, 4) is 0 Å². The van der Waals surface area contributed by atoms with Crippen molar-refractivity contribution in [3.63, 3.8) is 0 Å². The Morgan fingerprint density at radius 2 is 2.20 bits per heavy atom. The highest BCUT2D eigenvalue weighted by molar-refractivity contribution is 8.00. The van der Waals surface area contributed by atoms with E-state index in [4.69, 9.17) is 22.1 Å². The lowest BCUT2D eigenvalue weighted by Crippen LogP contribution is -2.41. The number of carbonyl (C=O) groups is 2. The molecular weight excluding hydrogens is 302 g/mol. The summed E-state index contributed by atoms with van der Waals surface area (Å²) < 4.78 is 4.77. The van der Waals surface area contributed by atoms with E-state index in [1.54, 1.807) is 18.2 Å². The predicted octanol–water partition coefficient (Wildman–Crippen LogP) is 1.49. The minimum absolute atomic E-state index is 0.0703. The fourth-order valence-corrected chi connectivity index (χ4v) is 2.31. The fourth-order valence-electron chi connectivity index (χ4n) is 1.25. The average molecular weight is 318 g/mol. The van der Waals surface area contributed by atoms with Gasteiger partial charge in [0.05, 0.1) is 17.4 Å². The van der Waals surface area contributed by atoms with E-state index in [0.29, 0.717) is 28.8 Å². The van der Waals surface area contributed by atoms with Crippen molar-refractivity contribution in [2.24, 2.45) is 0 Å². The van der Waals surface area contributed by atoms with Crippen molar-refractivity contribution >= 4 is 41.0 Å². The Morgan fingerprint density at radius 3 is 2.90 bits per heavy atom. The number of rotatable bonds is 6. The van der Waals surface area contributed by atoms with Gasteiger partial charge in [0.15, 0.2) is 0 Å². The zero-order valence-corrected chi connectivity index (χ0v) is 12.5. The first kappa shape index (κ1) is 16.6.